The van der Waals surface area contributed by atoms with Crippen LogP contribution in [0.4, 0.5) is 8.78 Å². The molecule has 0 aliphatic heterocycles. The van der Waals surface area contributed by atoms with Crippen molar-refractivity contribution >= 4 is 5.91 Å². The molecule has 0 aliphatic carbocycles. The summed E-state index contributed by atoms with van der Waals surface area (Å²) in [5, 5.41) is 10.7. The number of carbonyl (C=O) groups is 1. The highest BCUT2D eigenvalue weighted by molar-refractivity contribution is 5.76. The third-order valence-corrected chi connectivity index (χ3v) is 1.87. The molecule has 0 fully saturated rings. The smallest absolute Gasteiger partial charge is 0.245 e. The lowest BCUT2D eigenvalue weighted by Crippen LogP contribution is -2.28. The minimum Gasteiger partial charge on any atom is -0.387 e. The van der Waals surface area contributed by atoms with Crippen LogP contribution in [0.25, 0.3) is 0 Å². The zero-order chi connectivity index (χ0) is 11.3. The van der Waals surface area contributed by atoms with E-state index in [1.807, 2.05) is 0 Å². The second-order valence-electron chi connectivity index (χ2n) is 2.99. The minimum atomic E-state index is -0.606. The van der Waals surface area contributed by atoms with Crippen LogP contribution < -0.4 is 5.32 Å². The van der Waals surface area contributed by atoms with Crippen molar-refractivity contribution in [3.63, 3.8) is 0 Å². The standard InChI is InChI=1S/C10H11F2NO2/c11-8-1-2-9(12)7(5-8)3-4-13-10(15)6-14/h1-2,5,14H,3-4,6H2,(H,13,15). The molecule has 0 radical (unpaired) electrons. The zero-order valence-electron chi connectivity index (χ0n) is 7.96. The van der Waals surface area contributed by atoms with Crippen LogP contribution in [0.1, 0.15) is 5.56 Å². The summed E-state index contributed by atoms with van der Waals surface area (Å²) < 4.78 is 25.8. The molecule has 2 N–H and O–H groups in total. The van der Waals surface area contributed by atoms with E-state index in [0.29, 0.717) is 0 Å². The third kappa shape index (κ3) is 3.63. The van der Waals surface area contributed by atoms with E-state index < -0.39 is 24.1 Å². The number of hydrogen-bond donors (Lipinski definition) is 2. The van der Waals surface area contributed by atoms with Gasteiger partial charge in [0.15, 0.2) is 0 Å². The van der Waals surface area contributed by atoms with Crippen molar-refractivity contribution in [2.45, 2.75) is 6.42 Å². The summed E-state index contributed by atoms with van der Waals surface area (Å²) >= 11 is 0. The Morgan fingerprint density at radius 1 is 1.40 bits per heavy atom. The SMILES string of the molecule is O=C(CO)NCCc1cc(F)ccc1F. The van der Waals surface area contributed by atoms with Crippen molar-refractivity contribution in [1.29, 1.82) is 0 Å². The van der Waals surface area contributed by atoms with Gasteiger partial charge in [0.1, 0.15) is 18.2 Å². The molecule has 0 atom stereocenters. The van der Waals surface area contributed by atoms with Gasteiger partial charge in [-0.15, -0.1) is 0 Å². The van der Waals surface area contributed by atoms with Gasteiger partial charge >= 0.3 is 0 Å². The molecule has 0 saturated heterocycles. The average Bonchev–Trinajstić information content (AvgIpc) is 2.23. The zero-order valence-corrected chi connectivity index (χ0v) is 7.96. The molecule has 0 unspecified atom stereocenters. The van der Waals surface area contributed by atoms with Crippen molar-refractivity contribution in [3.8, 4) is 0 Å². The summed E-state index contributed by atoms with van der Waals surface area (Å²) in [6.07, 6.45) is 0.190. The number of benzene rings is 1. The second-order valence-corrected chi connectivity index (χ2v) is 2.99. The quantitative estimate of drug-likeness (QED) is 0.773. The maximum Gasteiger partial charge on any atom is 0.245 e. The fourth-order valence-corrected chi connectivity index (χ4v) is 1.13. The van der Waals surface area contributed by atoms with Gasteiger partial charge in [0.05, 0.1) is 0 Å². The van der Waals surface area contributed by atoms with Crippen LogP contribution in [0, 0.1) is 11.6 Å². The topological polar surface area (TPSA) is 49.3 Å². The summed E-state index contributed by atoms with van der Waals surface area (Å²) in [4.78, 5) is 10.6. The number of carbonyl (C=O) groups excluding carboxylic acids is 1. The summed E-state index contributed by atoms with van der Waals surface area (Å²) in [7, 11) is 0. The Morgan fingerprint density at radius 3 is 2.80 bits per heavy atom. The van der Waals surface area contributed by atoms with Crippen molar-refractivity contribution < 1.29 is 18.7 Å². The van der Waals surface area contributed by atoms with E-state index >= 15 is 0 Å². The van der Waals surface area contributed by atoms with Crippen LogP contribution in [-0.2, 0) is 11.2 Å². The van der Waals surface area contributed by atoms with E-state index in [-0.39, 0.29) is 18.5 Å². The molecular formula is C10H11F2NO2. The molecule has 0 aromatic heterocycles. The van der Waals surface area contributed by atoms with Crippen molar-refractivity contribution in [2.75, 3.05) is 13.2 Å². The summed E-state index contributed by atoms with van der Waals surface area (Å²) in [6, 6.07) is 3.16. The number of nitrogens with one attached hydrogen (secondary N) is 1. The lowest BCUT2D eigenvalue weighted by atomic mass is 10.1. The average molecular weight is 215 g/mol. The molecule has 0 bridgehead atoms. The van der Waals surface area contributed by atoms with E-state index in [1.54, 1.807) is 0 Å². The molecule has 0 spiro atoms. The molecule has 1 aromatic rings. The first kappa shape index (κ1) is 11.6. The largest absolute Gasteiger partial charge is 0.387 e. The predicted molar refractivity (Wildman–Crippen MR) is 50.2 cm³/mol. The van der Waals surface area contributed by atoms with E-state index in [0.717, 1.165) is 18.2 Å². The van der Waals surface area contributed by atoms with E-state index in [1.165, 1.54) is 0 Å². The Balaban J connectivity index is 2.50. The van der Waals surface area contributed by atoms with Gasteiger partial charge in [0.25, 0.3) is 0 Å². The highest BCUT2D eigenvalue weighted by Gasteiger charge is 2.04. The van der Waals surface area contributed by atoms with Crippen LogP contribution in [-0.4, -0.2) is 24.2 Å². The lowest BCUT2D eigenvalue weighted by Gasteiger charge is -2.04. The molecule has 3 nitrogen and oxygen atoms in total. The van der Waals surface area contributed by atoms with Gasteiger partial charge < -0.3 is 10.4 Å². The number of hydrogen-bond acceptors (Lipinski definition) is 2. The van der Waals surface area contributed by atoms with E-state index in [2.05, 4.69) is 5.32 Å². The van der Waals surface area contributed by atoms with Gasteiger partial charge in [0.2, 0.25) is 5.91 Å². The van der Waals surface area contributed by atoms with Gasteiger partial charge in [-0.25, -0.2) is 8.78 Å². The number of rotatable bonds is 4. The summed E-state index contributed by atoms with van der Waals surface area (Å²) in [5.41, 5.74) is 0.202. The molecule has 1 aromatic carbocycles. The number of halogens is 2. The first-order valence-electron chi connectivity index (χ1n) is 4.45. The molecule has 0 saturated carbocycles. The normalized spacial score (nSPS) is 10.1. The first-order chi connectivity index (χ1) is 7.13. The van der Waals surface area contributed by atoms with Crippen LogP contribution in [0.15, 0.2) is 18.2 Å². The predicted octanol–water partition coefficient (Wildman–Crippen LogP) is 0.616. The van der Waals surface area contributed by atoms with Crippen LogP contribution in [0.2, 0.25) is 0 Å². The summed E-state index contributed by atoms with van der Waals surface area (Å²) in [6.45, 7) is -0.439. The van der Waals surface area contributed by atoms with Gasteiger partial charge in [-0.3, -0.25) is 4.79 Å². The molecule has 5 heteroatoms. The van der Waals surface area contributed by atoms with Crippen LogP contribution in [0.5, 0.6) is 0 Å². The minimum absolute atomic E-state index is 0.166. The highest BCUT2D eigenvalue weighted by Crippen LogP contribution is 2.09. The fourth-order valence-electron chi connectivity index (χ4n) is 1.13. The van der Waals surface area contributed by atoms with Crippen molar-refractivity contribution in [2.24, 2.45) is 0 Å². The Labute approximate surface area is 85.7 Å². The Kier molecular flexibility index (Phi) is 4.17. The molecule has 0 aliphatic rings. The van der Waals surface area contributed by atoms with E-state index in [4.69, 9.17) is 5.11 Å². The maximum atomic E-state index is 13.0. The molecular weight excluding hydrogens is 204 g/mol. The van der Waals surface area contributed by atoms with Crippen LogP contribution >= 0.6 is 0 Å². The first-order valence-corrected chi connectivity index (χ1v) is 4.45. The molecule has 1 amide bonds. The number of aliphatic hydroxyl groups excluding tert-OH is 1. The van der Waals surface area contributed by atoms with Crippen molar-refractivity contribution in [1.82, 2.24) is 5.32 Å². The van der Waals surface area contributed by atoms with Gasteiger partial charge in [-0.2, -0.15) is 0 Å². The monoisotopic (exact) mass is 215 g/mol. The Hall–Kier alpha value is -1.49. The van der Waals surface area contributed by atoms with E-state index in [9.17, 15) is 13.6 Å². The number of amides is 1. The molecule has 82 valence electrons. The molecule has 1 rings (SSSR count). The maximum absolute atomic E-state index is 13.0. The molecule has 0 heterocycles. The molecule has 15 heavy (non-hydrogen) atoms. The van der Waals surface area contributed by atoms with Crippen molar-refractivity contribution in [3.05, 3.63) is 35.4 Å². The lowest BCUT2D eigenvalue weighted by molar-refractivity contribution is -0.123. The third-order valence-electron chi connectivity index (χ3n) is 1.87. The van der Waals surface area contributed by atoms with Gasteiger partial charge in [-0.05, 0) is 30.2 Å². The fraction of sp³-hybridized carbons (Fsp3) is 0.300. The Morgan fingerprint density at radius 2 is 2.13 bits per heavy atom. The van der Waals surface area contributed by atoms with Crippen LogP contribution in [0.3, 0.4) is 0 Å². The second kappa shape index (κ2) is 5.41. The van der Waals surface area contributed by atoms with Gasteiger partial charge in [0, 0.05) is 6.54 Å². The number of aliphatic hydroxyl groups is 1. The highest BCUT2D eigenvalue weighted by atomic mass is 19.1. The summed E-state index contributed by atoms with van der Waals surface area (Å²) in [5.74, 6) is -1.55. The Bertz CT molecular complexity index is 355. The van der Waals surface area contributed by atoms with Gasteiger partial charge in [-0.1, -0.05) is 0 Å².